The lowest BCUT2D eigenvalue weighted by Gasteiger charge is -2.12. The monoisotopic (exact) mass is 745 g/mol. The third kappa shape index (κ3) is 35.3. The SMILES string of the molecule is CNC(=O)COCCOCCNC(=O)COCCOCCNC(=O)CC[C@H](CC(=O)CCCCCCCCCCCCCCCCC(=O)O)C(=O)O. The Bertz CT molecular complexity index is 966. The predicted molar refractivity (Wildman–Crippen MR) is 195 cm³/mol. The second-order valence-electron chi connectivity index (χ2n) is 12.9. The molecule has 0 aliphatic rings. The van der Waals surface area contributed by atoms with Crippen LogP contribution in [-0.2, 0) is 47.7 Å². The number of amides is 3. The van der Waals surface area contributed by atoms with Crippen LogP contribution in [0.5, 0.6) is 0 Å². The zero-order chi connectivity index (χ0) is 38.5. The minimum absolute atomic E-state index is 0.00751. The molecule has 0 aromatic carbocycles. The Balaban J connectivity index is 3.66. The summed E-state index contributed by atoms with van der Waals surface area (Å²) in [5.41, 5.74) is 0. The van der Waals surface area contributed by atoms with Gasteiger partial charge in [0.1, 0.15) is 19.0 Å². The van der Waals surface area contributed by atoms with Crippen molar-refractivity contribution in [2.24, 2.45) is 5.92 Å². The van der Waals surface area contributed by atoms with Crippen LogP contribution < -0.4 is 16.0 Å². The summed E-state index contributed by atoms with van der Waals surface area (Å²) in [7, 11) is 1.53. The first-order valence-corrected chi connectivity index (χ1v) is 19.2. The zero-order valence-corrected chi connectivity index (χ0v) is 31.6. The van der Waals surface area contributed by atoms with Crippen LogP contribution in [0, 0.1) is 5.92 Å². The van der Waals surface area contributed by atoms with Gasteiger partial charge in [-0.15, -0.1) is 0 Å². The Morgan fingerprint density at radius 2 is 0.923 bits per heavy atom. The topological polar surface area (TPSA) is 216 Å². The molecule has 1 atom stereocenters. The van der Waals surface area contributed by atoms with Gasteiger partial charge in [0, 0.05) is 45.8 Å². The molecule has 0 radical (unpaired) electrons. The molecule has 0 saturated carbocycles. The third-order valence-corrected chi connectivity index (χ3v) is 8.27. The first-order valence-electron chi connectivity index (χ1n) is 19.2. The number of nitrogens with one attached hydrogen (secondary N) is 3. The Morgan fingerprint density at radius 1 is 0.500 bits per heavy atom. The molecule has 0 rings (SSSR count). The molecular weight excluding hydrogens is 678 g/mol. The quantitative estimate of drug-likeness (QED) is 0.0568. The summed E-state index contributed by atoms with van der Waals surface area (Å²) in [5.74, 6) is -3.55. The van der Waals surface area contributed by atoms with Crippen LogP contribution in [0.2, 0.25) is 0 Å². The number of carbonyl (C=O) groups is 6. The van der Waals surface area contributed by atoms with Gasteiger partial charge in [-0.1, -0.05) is 77.0 Å². The van der Waals surface area contributed by atoms with Crippen molar-refractivity contribution < 1.29 is 57.9 Å². The number of unbranched alkanes of at least 4 members (excludes halogenated alkanes) is 13. The van der Waals surface area contributed by atoms with E-state index in [0.717, 1.165) is 44.9 Å². The molecule has 0 spiro atoms. The van der Waals surface area contributed by atoms with Crippen LogP contribution in [0.4, 0.5) is 0 Å². The van der Waals surface area contributed by atoms with Crippen LogP contribution in [0.15, 0.2) is 0 Å². The summed E-state index contributed by atoms with van der Waals surface area (Å²) in [5, 5.41) is 25.9. The van der Waals surface area contributed by atoms with Gasteiger partial charge in [0.2, 0.25) is 17.7 Å². The Labute approximate surface area is 310 Å². The van der Waals surface area contributed by atoms with Crippen LogP contribution in [0.25, 0.3) is 0 Å². The normalized spacial score (nSPS) is 11.6. The van der Waals surface area contributed by atoms with Crippen molar-refractivity contribution in [1.82, 2.24) is 16.0 Å². The van der Waals surface area contributed by atoms with E-state index >= 15 is 0 Å². The highest BCUT2D eigenvalue weighted by molar-refractivity contribution is 5.84. The number of likely N-dealkylation sites (N-methyl/N-ethyl adjacent to an activating group) is 1. The van der Waals surface area contributed by atoms with E-state index in [1.54, 1.807) is 0 Å². The van der Waals surface area contributed by atoms with Crippen LogP contribution in [-0.4, -0.2) is 119 Å². The zero-order valence-electron chi connectivity index (χ0n) is 31.6. The van der Waals surface area contributed by atoms with Crippen LogP contribution in [0.1, 0.15) is 122 Å². The molecule has 0 aromatic rings. The smallest absolute Gasteiger partial charge is 0.306 e. The molecule has 0 aromatic heterocycles. The minimum Gasteiger partial charge on any atom is -0.481 e. The van der Waals surface area contributed by atoms with E-state index < -0.39 is 17.9 Å². The summed E-state index contributed by atoms with van der Waals surface area (Å²) in [6.45, 7) is 1.91. The number of ether oxygens (including phenoxy) is 4. The first kappa shape index (κ1) is 48.9. The lowest BCUT2D eigenvalue weighted by atomic mass is 9.94. The average Bonchev–Trinajstić information content (AvgIpc) is 3.11. The molecule has 3 amide bonds. The number of carboxylic acid groups (broad SMARTS) is 2. The highest BCUT2D eigenvalue weighted by Gasteiger charge is 2.22. The molecule has 0 aliphatic heterocycles. The van der Waals surface area contributed by atoms with E-state index in [1.807, 2.05) is 0 Å². The molecule has 0 bridgehead atoms. The Morgan fingerprint density at radius 3 is 1.38 bits per heavy atom. The van der Waals surface area contributed by atoms with Gasteiger partial charge >= 0.3 is 11.9 Å². The van der Waals surface area contributed by atoms with Crippen LogP contribution >= 0.6 is 0 Å². The number of hydrogen-bond acceptors (Lipinski definition) is 10. The molecule has 0 fully saturated rings. The molecule has 52 heavy (non-hydrogen) atoms. The van der Waals surface area contributed by atoms with Gasteiger partial charge in [0.15, 0.2) is 0 Å². The maximum absolute atomic E-state index is 12.4. The molecule has 0 unspecified atom stereocenters. The highest BCUT2D eigenvalue weighted by Crippen LogP contribution is 2.17. The second-order valence-corrected chi connectivity index (χ2v) is 12.9. The molecule has 5 N–H and O–H groups in total. The van der Waals surface area contributed by atoms with E-state index in [2.05, 4.69) is 16.0 Å². The lowest BCUT2D eigenvalue weighted by Crippen LogP contribution is -2.31. The van der Waals surface area contributed by atoms with Crippen molar-refractivity contribution in [3.8, 4) is 0 Å². The molecular formula is C37H67N3O12. The summed E-state index contributed by atoms with van der Waals surface area (Å²) in [6, 6.07) is 0. The van der Waals surface area contributed by atoms with Gasteiger partial charge in [-0.05, 0) is 19.3 Å². The first-order chi connectivity index (χ1) is 25.1. The summed E-state index contributed by atoms with van der Waals surface area (Å²) < 4.78 is 21.0. The fourth-order valence-electron chi connectivity index (χ4n) is 5.22. The highest BCUT2D eigenvalue weighted by atomic mass is 16.5. The minimum atomic E-state index is -1.07. The van der Waals surface area contributed by atoms with Gasteiger partial charge in [-0.2, -0.15) is 0 Å². The van der Waals surface area contributed by atoms with Crippen molar-refractivity contribution in [3.05, 3.63) is 0 Å². The fourth-order valence-corrected chi connectivity index (χ4v) is 5.22. The van der Waals surface area contributed by atoms with Gasteiger partial charge in [0.25, 0.3) is 0 Å². The van der Waals surface area contributed by atoms with Crippen molar-refractivity contribution in [1.29, 1.82) is 0 Å². The maximum atomic E-state index is 12.4. The largest absolute Gasteiger partial charge is 0.481 e. The van der Waals surface area contributed by atoms with Crippen molar-refractivity contribution in [3.63, 3.8) is 0 Å². The summed E-state index contributed by atoms with van der Waals surface area (Å²) in [6.07, 6.45) is 16.0. The van der Waals surface area contributed by atoms with Crippen molar-refractivity contribution in [2.75, 3.05) is 73.0 Å². The lowest BCUT2D eigenvalue weighted by molar-refractivity contribution is -0.144. The summed E-state index contributed by atoms with van der Waals surface area (Å²) in [4.78, 5) is 69.5. The standard InChI is InChI=1S/C37H67N3O12/c1-38-34(43)29-51-26-24-50-23-21-40-35(44)30-52-27-25-49-22-20-39-33(42)19-18-31(37(47)48)28-32(41)16-14-12-10-8-6-4-2-3-5-7-9-11-13-15-17-36(45)46/h31H,2-30H2,1H3,(H,38,43)(H,39,42)(H,40,44)(H,45,46)(H,47,48)/t31-/m1/s1. The number of Topliss-reactive ketones (excluding diaryl/α,β-unsaturated/α-hetero) is 1. The summed E-state index contributed by atoms with van der Waals surface area (Å²) >= 11 is 0. The van der Waals surface area contributed by atoms with Crippen LogP contribution in [0.3, 0.4) is 0 Å². The van der Waals surface area contributed by atoms with E-state index in [1.165, 1.54) is 52.0 Å². The molecule has 15 nitrogen and oxygen atoms in total. The number of aliphatic carboxylic acids is 2. The van der Waals surface area contributed by atoms with E-state index in [9.17, 15) is 33.9 Å². The van der Waals surface area contributed by atoms with E-state index in [-0.39, 0.29) is 95.4 Å². The van der Waals surface area contributed by atoms with Gasteiger partial charge in [0.05, 0.1) is 45.6 Å². The molecule has 0 heterocycles. The number of hydrogen-bond donors (Lipinski definition) is 5. The fraction of sp³-hybridized carbons (Fsp3) is 0.838. The Hall–Kier alpha value is -3.14. The van der Waals surface area contributed by atoms with Crippen molar-refractivity contribution in [2.45, 2.75) is 122 Å². The van der Waals surface area contributed by atoms with Gasteiger partial charge in [-0.25, -0.2) is 0 Å². The molecule has 302 valence electrons. The molecule has 0 aliphatic carbocycles. The van der Waals surface area contributed by atoms with Gasteiger partial charge < -0.3 is 45.1 Å². The Kier molecular flexibility index (Phi) is 34.0. The number of ketones is 1. The number of carboxylic acids is 2. The van der Waals surface area contributed by atoms with Gasteiger partial charge in [-0.3, -0.25) is 28.8 Å². The molecule has 15 heteroatoms. The van der Waals surface area contributed by atoms with E-state index in [4.69, 9.17) is 24.1 Å². The average molecular weight is 746 g/mol. The second kappa shape index (κ2) is 36.2. The van der Waals surface area contributed by atoms with E-state index in [0.29, 0.717) is 26.2 Å². The maximum Gasteiger partial charge on any atom is 0.306 e. The molecule has 0 saturated heterocycles. The number of rotatable bonds is 39. The van der Waals surface area contributed by atoms with Crippen molar-refractivity contribution >= 4 is 35.4 Å². The third-order valence-electron chi connectivity index (χ3n) is 8.27. The number of carbonyl (C=O) groups excluding carboxylic acids is 4. The predicted octanol–water partition coefficient (Wildman–Crippen LogP) is 3.80.